The van der Waals surface area contributed by atoms with Gasteiger partial charge in [0.05, 0.1) is 5.52 Å². The summed E-state index contributed by atoms with van der Waals surface area (Å²) in [4.78, 5) is 11.7. The molecule has 0 radical (unpaired) electrons. The van der Waals surface area contributed by atoms with Crippen LogP contribution in [0.25, 0.3) is 10.9 Å². The summed E-state index contributed by atoms with van der Waals surface area (Å²) in [5, 5.41) is 4.51. The van der Waals surface area contributed by atoms with Gasteiger partial charge in [-0.3, -0.25) is 0 Å². The fraction of sp³-hybridized carbons (Fsp3) is 0.308. The Hall–Kier alpha value is -3.38. The van der Waals surface area contributed by atoms with E-state index in [4.69, 9.17) is 15.5 Å². The van der Waals surface area contributed by atoms with Crippen LogP contribution in [0.1, 0.15) is 25.7 Å². The van der Waals surface area contributed by atoms with E-state index in [1.165, 1.54) is 17.6 Å². The highest BCUT2D eigenvalue weighted by atomic mass is 16.5. The smallest absolute Gasteiger partial charge is 0.219 e. The maximum absolute atomic E-state index is 5.95. The van der Waals surface area contributed by atoms with Crippen molar-refractivity contribution in [2.75, 3.05) is 36.4 Å². The van der Waals surface area contributed by atoms with E-state index < -0.39 is 0 Å². The second-order valence-electron chi connectivity index (χ2n) is 8.25. The summed E-state index contributed by atoms with van der Waals surface area (Å²) >= 11 is 0. The molecule has 5 rings (SSSR count). The number of hydrogen-bond donors (Lipinski definition) is 2. The molecule has 6 nitrogen and oxygen atoms in total. The average Bonchev–Trinajstić information content (AvgIpc) is 3.06. The minimum absolute atomic E-state index is 0.564. The fourth-order valence-electron chi connectivity index (χ4n) is 4.44. The third-order valence-corrected chi connectivity index (χ3v) is 6.01. The van der Waals surface area contributed by atoms with Gasteiger partial charge >= 0.3 is 0 Å². The largest absolute Gasteiger partial charge is 0.439 e. The predicted molar refractivity (Wildman–Crippen MR) is 130 cm³/mol. The Morgan fingerprint density at radius 2 is 1.97 bits per heavy atom. The van der Waals surface area contributed by atoms with Crippen LogP contribution in [0.3, 0.4) is 0 Å². The van der Waals surface area contributed by atoms with Gasteiger partial charge in [-0.15, -0.1) is 0 Å². The molecule has 3 heterocycles. The average molecular weight is 428 g/mol. The maximum Gasteiger partial charge on any atom is 0.219 e. The van der Waals surface area contributed by atoms with Crippen molar-refractivity contribution in [1.29, 1.82) is 0 Å². The molecule has 0 amide bonds. The standard InChI is InChI=1S/C26H29N5O/c27-12-14-28-24-17-25(31-15-5-8-19-6-1-2-7-20(19)18-31)30-23-11-10-21(16-22(23)24)32-26-9-3-4-13-29-26/h3-4,6-7,9-11,13,16-17H,1-2,5,8,12,14-15,18,27H2,(H,28,30). The zero-order valence-electron chi connectivity index (χ0n) is 18.3. The number of nitrogens with zero attached hydrogens (tertiary/aromatic N) is 3. The van der Waals surface area contributed by atoms with Crippen molar-refractivity contribution in [1.82, 2.24) is 9.97 Å². The lowest BCUT2D eigenvalue weighted by molar-refractivity contribution is 0.463. The second kappa shape index (κ2) is 9.40. The van der Waals surface area contributed by atoms with E-state index in [1.807, 2.05) is 36.4 Å². The van der Waals surface area contributed by atoms with Gasteiger partial charge in [0, 0.05) is 55.6 Å². The first-order valence-electron chi connectivity index (χ1n) is 11.4. The number of nitrogens with one attached hydrogen (secondary N) is 1. The van der Waals surface area contributed by atoms with Crippen LogP contribution in [0.15, 0.2) is 72.0 Å². The van der Waals surface area contributed by atoms with Gasteiger partial charge in [-0.1, -0.05) is 18.2 Å². The molecule has 0 atom stereocenters. The van der Waals surface area contributed by atoms with Gasteiger partial charge in [0.25, 0.3) is 0 Å². The van der Waals surface area contributed by atoms with Crippen molar-refractivity contribution < 1.29 is 4.74 Å². The SMILES string of the molecule is NCCNc1cc(N2CCCC3=CCCC=C3C2)nc2ccc(Oc3ccccn3)cc12. The van der Waals surface area contributed by atoms with E-state index in [0.717, 1.165) is 60.5 Å². The number of fused-ring (bicyclic) bond motifs is 2. The van der Waals surface area contributed by atoms with E-state index in [2.05, 4.69) is 33.4 Å². The third-order valence-electron chi connectivity index (χ3n) is 6.01. The van der Waals surface area contributed by atoms with Crippen molar-refractivity contribution in [3.8, 4) is 11.6 Å². The molecule has 0 unspecified atom stereocenters. The number of allylic oxidation sites excluding steroid dienone is 2. The number of nitrogens with two attached hydrogens (primary N) is 1. The predicted octanol–water partition coefficient (Wildman–Crippen LogP) is 5.04. The molecule has 2 aliphatic rings. The highest BCUT2D eigenvalue weighted by Gasteiger charge is 2.20. The van der Waals surface area contributed by atoms with Crippen LogP contribution in [0, 0.1) is 0 Å². The first-order valence-corrected chi connectivity index (χ1v) is 11.4. The first-order chi connectivity index (χ1) is 15.8. The molecule has 1 aromatic carbocycles. The van der Waals surface area contributed by atoms with Gasteiger partial charge in [-0.2, -0.15) is 0 Å². The molecular weight excluding hydrogens is 398 g/mol. The number of pyridine rings is 2. The van der Waals surface area contributed by atoms with Gasteiger partial charge in [0.1, 0.15) is 11.6 Å². The normalized spacial score (nSPS) is 16.1. The Balaban J connectivity index is 1.49. The minimum Gasteiger partial charge on any atom is -0.439 e. The van der Waals surface area contributed by atoms with Crippen LogP contribution in [0.5, 0.6) is 11.6 Å². The minimum atomic E-state index is 0.564. The molecule has 2 aromatic heterocycles. The molecule has 3 N–H and O–H groups in total. The van der Waals surface area contributed by atoms with Crippen LogP contribution < -0.4 is 20.7 Å². The lowest BCUT2D eigenvalue weighted by Gasteiger charge is -2.25. The van der Waals surface area contributed by atoms with Crippen molar-refractivity contribution in [3.05, 3.63) is 72.0 Å². The molecule has 32 heavy (non-hydrogen) atoms. The first kappa shape index (κ1) is 20.5. The second-order valence-corrected chi connectivity index (χ2v) is 8.25. The van der Waals surface area contributed by atoms with Crippen molar-refractivity contribution in [2.45, 2.75) is 25.7 Å². The summed E-state index contributed by atoms with van der Waals surface area (Å²) in [6, 6.07) is 13.8. The number of hydrogen-bond acceptors (Lipinski definition) is 6. The molecule has 0 saturated carbocycles. The molecule has 1 fully saturated rings. The van der Waals surface area contributed by atoms with Crippen LogP contribution in [-0.4, -0.2) is 36.1 Å². The molecule has 1 aliphatic carbocycles. The number of rotatable bonds is 6. The lowest BCUT2D eigenvalue weighted by Crippen LogP contribution is -2.26. The summed E-state index contributed by atoms with van der Waals surface area (Å²) in [6.45, 7) is 3.18. The van der Waals surface area contributed by atoms with Gasteiger partial charge in [0.15, 0.2) is 0 Å². The number of ether oxygens (including phenoxy) is 1. The van der Waals surface area contributed by atoms with Crippen molar-refractivity contribution in [3.63, 3.8) is 0 Å². The van der Waals surface area contributed by atoms with Crippen LogP contribution >= 0.6 is 0 Å². The zero-order chi connectivity index (χ0) is 21.8. The monoisotopic (exact) mass is 427 g/mol. The van der Waals surface area contributed by atoms with E-state index in [0.29, 0.717) is 19.0 Å². The highest BCUT2D eigenvalue weighted by Crippen LogP contribution is 2.34. The lowest BCUT2D eigenvalue weighted by atomic mass is 9.95. The van der Waals surface area contributed by atoms with Gasteiger partial charge in [-0.05, 0) is 61.1 Å². The van der Waals surface area contributed by atoms with Crippen LogP contribution in [0.4, 0.5) is 11.5 Å². The summed E-state index contributed by atoms with van der Waals surface area (Å²) in [5.74, 6) is 2.31. The number of aromatic nitrogens is 2. The Morgan fingerprint density at radius 1 is 1.06 bits per heavy atom. The summed E-state index contributed by atoms with van der Waals surface area (Å²) in [7, 11) is 0. The zero-order valence-corrected chi connectivity index (χ0v) is 18.3. The Kier molecular flexibility index (Phi) is 6.03. The molecule has 0 bridgehead atoms. The Bertz CT molecular complexity index is 1160. The summed E-state index contributed by atoms with van der Waals surface area (Å²) in [6.07, 6.45) is 11.2. The van der Waals surface area contributed by atoms with Crippen LogP contribution in [-0.2, 0) is 0 Å². The molecule has 1 saturated heterocycles. The van der Waals surface area contributed by atoms with Gasteiger partial charge in [0.2, 0.25) is 5.88 Å². The Labute approximate surface area is 188 Å². The molecule has 164 valence electrons. The highest BCUT2D eigenvalue weighted by molar-refractivity contribution is 5.94. The summed E-state index contributed by atoms with van der Waals surface area (Å²) < 4.78 is 5.95. The van der Waals surface area contributed by atoms with Gasteiger partial charge in [-0.25, -0.2) is 9.97 Å². The van der Waals surface area contributed by atoms with E-state index in [9.17, 15) is 0 Å². The molecule has 1 aliphatic heterocycles. The number of anilines is 2. The maximum atomic E-state index is 5.95. The number of benzene rings is 1. The molecular formula is C26H29N5O. The quantitative estimate of drug-likeness (QED) is 0.574. The topological polar surface area (TPSA) is 76.3 Å². The third kappa shape index (κ3) is 4.46. The van der Waals surface area contributed by atoms with E-state index in [1.54, 1.807) is 6.20 Å². The fourth-order valence-corrected chi connectivity index (χ4v) is 4.44. The van der Waals surface area contributed by atoms with Crippen molar-refractivity contribution >= 4 is 22.4 Å². The van der Waals surface area contributed by atoms with Crippen molar-refractivity contribution in [2.24, 2.45) is 5.73 Å². The van der Waals surface area contributed by atoms with Gasteiger partial charge < -0.3 is 20.7 Å². The van der Waals surface area contributed by atoms with E-state index in [-0.39, 0.29) is 0 Å². The Morgan fingerprint density at radius 3 is 2.81 bits per heavy atom. The molecule has 3 aromatic rings. The molecule has 6 heteroatoms. The van der Waals surface area contributed by atoms with Crippen LogP contribution in [0.2, 0.25) is 0 Å². The molecule has 0 spiro atoms. The van der Waals surface area contributed by atoms with E-state index >= 15 is 0 Å². The summed E-state index contributed by atoms with van der Waals surface area (Å²) in [5.41, 5.74) is 10.7.